The van der Waals surface area contributed by atoms with E-state index in [1.807, 2.05) is 0 Å². The number of carbonyl (C=O) groups excluding carboxylic acids is 1. The molecule has 1 amide bonds. The fraction of sp³-hybridized carbons (Fsp3) is 0.897. The normalized spacial score (nSPS) is 55.5. The first kappa shape index (κ1) is 22.6. The zero-order valence-corrected chi connectivity index (χ0v) is 21.5. The molecule has 2 aliphatic heterocycles. The number of aliphatic hydroxyl groups is 1. The van der Waals surface area contributed by atoms with Gasteiger partial charge in [0.15, 0.2) is 0 Å². The average Bonchev–Trinajstić information content (AvgIpc) is 3.21. The Balaban J connectivity index is 1.30. The van der Waals surface area contributed by atoms with Crippen molar-refractivity contribution in [3.8, 4) is 0 Å². The first-order valence-electron chi connectivity index (χ1n) is 13.9. The summed E-state index contributed by atoms with van der Waals surface area (Å²) >= 11 is 0. The maximum Gasteiger partial charge on any atom is 0.221 e. The van der Waals surface area contributed by atoms with Gasteiger partial charge in [0, 0.05) is 19.4 Å². The van der Waals surface area contributed by atoms with Crippen LogP contribution >= 0.6 is 0 Å². The van der Waals surface area contributed by atoms with Gasteiger partial charge in [0.05, 0.1) is 12.2 Å². The fourth-order valence-electron chi connectivity index (χ4n) is 10.5. The molecule has 3 saturated carbocycles. The standard InChI is InChI=1S/C29H45NO3/c1-17-8-13-29(30(16-17)19(3)31)18(2)26-25(33-29)15-24-22-7-6-20-14-21(32)9-11-27(20,4)23(22)10-12-28(24,26)5/h6,17-18,21-26,32H,7-16H2,1-5H3/t17-,18+,21+,22-,23?,24?,25+,26+,27+,28+,29-/m1/s1. The summed E-state index contributed by atoms with van der Waals surface area (Å²) in [6.07, 6.45) is 12.9. The van der Waals surface area contributed by atoms with Gasteiger partial charge in [-0.3, -0.25) is 4.79 Å². The van der Waals surface area contributed by atoms with Gasteiger partial charge in [0.2, 0.25) is 5.91 Å². The highest BCUT2D eigenvalue weighted by Crippen LogP contribution is 2.70. The summed E-state index contributed by atoms with van der Waals surface area (Å²) in [5.74, 6) is 3.95. The van der Waals surface area contributed by atoms with E-state index in [4.69, 9.17) is 4.74 Å². The number of fused-ring (bicyclic) bond motifs is 7. The van der Waals surface area contributed by atoms with Crippen molar-refractivity contribution in [1.29, 1.82) is 0 Å². The summed E-state index contributed by atoms with van der Waals surface area (Å²) in [5.41, 5.74) is 1.79. The molecule has 6 aliphatic rings. The lowest BCUT2D eigenvalue weighted by Gasteiger charge is -2.59. The first-order chi connectivity index (χ1) is 15.6. The molecular weight excluding hydrogens is 410 g/mol. The second kappa shape index (κ2) is 7.32. The van der Waals surface area contributed by atoms with Gasteiger partial charge in [0.1, 0.15) is 5.72 Å². The monoisotopic (exact) mass is 455 g/mol. The summed E-state index contributed by atoms with van der Waals surface area (Å²) in [6.45, 7) is 12.4. The minimum Gasteiger partial charge on any atom is -0.393 e. The molecule has 33 heavy (non-hydrogen) atoms. The highest BCUT2D eigenvalue weighted by atomic mass is 16.5. The second-order valence-corrected chi connectivity index (χ2v) is 13.5. The molecule has 0 radical (unpaired) electrons. The van der Waals surface area contributed by atoms with Crippen molar-refractivity contribution < 1.29 is 14.6 Å². The van der Waals surface area contributed by atoms with Crippen LogP contribution in [-0.4, -0.2) is 40.4 Å². The summed E-state index contributed by atoms with van der Waals surface area (Å²) in [7, 11) is 0. The third-order valence-corrected chi connectivity index (χ3v) is 12.1. The molecule has 4 aliphatic carbocycles. The number of carbonyl (C=O) groups is 1. The van der Waals surface area contributed by atoms with Gasteiger partial charge in [-0.15, -0.1) is 0 Å². The van der Waals surface area contributed by atoms with Crippen LogP contribution in [-0.2, 0) is 9.53 Å². The maximum absolute atomic E-state index is 12.7. The molecule has 11 atom stereocenters. The maximum atomic E-state index is 12.7. The molecule has 0 aromatic carbocycles. The van der Waals surface area contributed by atoms with E-state index in [1.165, 1.54) is 25.7 Å². The third-order valence-electron chi connectivity index (χ3n) is 12.1. The third kappa shape index (κ3) is 2.92. The molecule has 5 fully saturated rings. The number of aliphatic hydroxyl groups excluding tert-OH is 1. The number of amides is 1. The molecule has 4 nitrogen and oxygen atoms in total. The van der Waals surface area contributed by atoms with Crippen LogP contribution < -0.4 is 0 Å². The van der Waals surface area contributed by atoms with Crippen LogP contribution in [0.2, 0.25) is 0 Å². The van der Waals surface area contributed by atoms with Crippen LogP contribution in [0, 0.1) is 46.3 Å². The molecule has 1 N–H and O–H groups in total. The van der Waals surface area contributed by atoms with Gasteiger partial charge in [0.25, 0.3) is 0 Å². The number of ether oxygens (including phenoxy) is 1. The molecule has 4 heteroatoms. The van der Waals surface area contributed by atoms with E-state index in [0.29, 0.717) is 34.7 Å². The van der Waals surface area contributed by atoms with Crippen LogP contribution in [0.3, 0.4) is 0 Å². The first-order valence-corrected chi connectivity index (χ1v) is 13.9. The quantitative estimate of drug-likeness (QED) is 0.488. The SMILES string of the molecule is CC(=O)N1C[C@H](C)CC[C@]12O[C@H]1CC3[C@@H]4CC=C5C[C@@H](O)CC[C@]5(C)C4CC[C@]3(C)[C@H]1[C@@H]2C. The Hall–Kier alpha value is -0.870. The van der Waals surface area contributed by atoms with Crippen LogP contribution in [0.4, 0.5) is 0 Å². The summed E-state index contributed by atoms with van der Waals surface area (Å²) in [4.78, 5) is 14.9. The van der Waals surface area contributed by atoms with Crippen molar-refractivity contribution >= 4 is 5.91 Å². The summed E-state index contributed by atoms with van der Waals surface area (Å²) in [6, 6.07) is 0. The predicted octanol–water partition coefficient (Wildman–Crippen LogP) is 5.55. The highest BCUT2D eigenvalue weighted by Gasteiger charge is 2.69. The van der Waals surface area contributed by atoms with Crippen molar-refractivity contribution in [2.45, 2.75) is 110 Å². The summed E-state index contributed by atoms with van der Waals surface area (Å²) in [5, 5.41) is 10.3. The molecule has 6 rings (SSSR count). The van der Waals surface area contributed by atoms with E-state index in [-0.39, 0.29) is 17.7 Å². The Kier molecular flexibility index (Phi) is 5.01. The molecule has 184 valence electrons. The van der Waals surface area contributed by atoms with Gasteiger partial charge in [-0.2, -0.15) is 0 Å². The number of nitrogens with zero attached hydrogens (tertiary/aromatic N) is 1. The Morgan fingerprint density at radius 3 is 2.67 bits per heavy atom. The second-order valence-electron chi connectivity index (χ2n) is 13.5. The van der Waals surface area contributed by atoms with E-state index in [9.17, 15) is 9.90 Å². The Morgan fingerprint density at radius 2 is 1.91 bits per heavy atom. The number of hydrogen-bond acceptors (Lipinski definition) is 3. The van der Waals surface area contributed by atoms with E-state index < -0.39 is 0 Å². The van der Waals surface area contributed by atoms with Crippen LogP contribution in [0.15, 0.2) is 11.6 Å². The number of allylic oxidation sites excluding steroid dienone is 1. The molecule has 2 saturated heterocycles. The molecular formula is C29H45NO3. The van der Waals surface area contributed by atoms with Gasteiger partial charge >= 0.3 is 0 Å². The lowest BCUT2D eigenvalue weighted by molar-refractivity contribution is -0.200. The van der Waals surface area contributed by atoms with E-state index in [0.717, 1.165) is 56.4 Å². The zero-order valence-electron chi connectivity index (χ0n) is 21.5. The molecule has 0 aromatic heterocycles. The molecule has 2 heterocycles. The lowest BCUT2D eigenvalue weighted by atomic mass is 9.47. The minimum absolute atomic E-state index is 0.131. The van der Waals surface area contributed by atoms with E-state index in [1.54, 1.807) is 12.5 Å². The molecule has 2 unspecified atom stereocenters. The van der Waals surface area contributed by atoms with Gasteiger partial charge < -0.3 is 14.7 Å². The average molecular weight is 456 g/mol. The Bertz CT molecular complexity index is 869. The van der Waals surface area contributed by atoms with Crippen LogP contribution in [0.5, 0.6) is 0 Å². The van der Waals surface area contributed by atoms with Crippen LogP contribution in [0.25, 0.3) is 0 Å². The Labute approximate surface area is 200 Å². The molecule has 0 bridgehead atoms. The van der Waals surface area contributed by atoms with Crippen molar-refractivity contribution in [3.63, 3.8) is 0 Å². The van der Waals surface area contributed by atoms with E-state index in [2.05, 4.69) is 38.7 Å². The molecule has 1 spiro atoms. The van der Waals surface area contributed by atoms with Gasteiger partial charge in [-0.05, 0) is 98.2 Å². The van der Waals surface area contributed by atoms with Crippen molar-refractivity contribution in [2.75, 3.05) is 6.54 Å². The fourth-order valence-corrected chi connectivity index (χ4v) is 10.5. The van der Waals surface area contributed by atoms with Gasteiger partial charge in [-0.25, -0.2) is 0 Å². The lowest BCUT2D eigenvalue weighted by Crippen LogP contribution is -2.60. The highest BCUT2D eigenvalue weighted by molar-refractivity contribution is 5.74. The Morgan fingerprint density at radius 1 is 1.12 bits per heavy atom. The van der Waals surface area contributed by atoms with Crippen molar-refractivity contribution in [1.82, 2.24) is 4.90 Å². The smallest absolute Gasteiger partial charge is 0.221 e. The van der Waals surface area contributed by atoms with Gasteiger partial charge in [-0.1, -0.05) is 39.3 Å². The largest absolute Gasteiger partial charge is 0.393 e. The number of likely N-dealkylation sites (tertiary alicyclic amines) is 1. The number of piperidine rings is 1. The zero-order chi connectivity index (χ0) is 23.3. The number of rotatable bonds is 0. The van der Waals surface area contributed by atoms with Crippen LogP contribution in [0.1, 0.15) is 92.4 Å². The predicted molar refractivity (Wildman–Crippen MR) is 129 cm³/mol. The van der Waals surface area contributed by atoms with Crippen molar-refractivity contribution in [3.05, 3.63) is 11.6 Å². The summed E-state index contributed by atoms with van der Waals surface area (Å²) < 4.78 is 7.09. The van der Waals surface area contributed by atoms with Crippen molar-refractivity contribution in [2.24, 2.45) is 46.3 Å². The number of hydrogen-bond donors (Lipinski definition) is 1. The topological polar surface area (TPSA) is 49.8 Å². The molecule has 0 aromatic rings. The van der Waals surface area contributed by atoms with E-state index >= 15 is 0 Å². The minimum atomic E-state index is -0.371.